The fourth-order valence-electron chi connectivity index (χ4n) is 2.30. The first-order valence-electron chi connectivity index (χ1n) is 6.10. The third kappa shape index (κ3) is 2.90. The smallest absolute Gasteiger partial charge is 0.345 e. The van der Waals surface area contributed by atoms with Gasteiger partial charge in [-0.1, -0.05) is 12.1 Å². The highest BCUT2D eigenvalue weighted by molar-refractivity contribution is 5.93. The number of nitro benzene ring substituents is 1. The van der Waals surface area contributed by atoms with Crippen LogP contribution < -0.4 is 0 Å². The second kappa shape index (κ2) is 5.79. The zero-order valence-electron chi connectivity index (χ0n) is 10.6. The van der Waals surface area contributed by atoms with E-state index in [1.807, 2.05) is 0 Å². The normalized spacial score (nSPS) is 22.2. The maximum atomic E-state index is 12.0. The van der Waals surface area contributed by atoms with Crippen LogP contribution in [0.4, 0.5) is 5.69 Å². The van der Waals surface area contributed by atoms with Crippen molar-refractivity contribution in [2.24, 2.45) is 0 Å². The van der Waals surface area contributed by atoms with Crippen LogP contribution in [0.25, 0.3) is 0 Å². The van der Waals surface area contributed by atoms with Crippen LogP contribution in [0, 0.1) is 10.1 Å². The Morgan fingerprint density at radius 3 is 2.68 bits per heavy atom. The Hall–Kier alpha value is -1.95. The molecule has 0 aliphatic heterocycles. The SMILES string of the molecule is CO[C@H]1CCC[C@@H]1OC(=O)c1ccccc1[N+](=O)[O-]. The molecule has 0 radical (unpaired) electrons. The number of rotatable bonds is 4. The Kier molecular flexibility index (Phi) is 4.11. The number of ether oxygens (including phenoxy) is 2. The zero-order chi connectivity index (χ0) is 13.8. The van der Waals surface area contributed by atoms with Gasteiger partial charge in [0, 0.05) is 13.2 Å². The average Bonchev–Trinajstić information content (AvgIpc) is 2.85. The summed E-state index contributed by atoms with van der Waals surface area (Å²) in [5.74, 6) is -0.666. The van der Waals surface area contributed by atoms with Crippen LogP contribution in [0.2, 0.25) is 0 Å². The number of hydrogen-bond donors (Lipinski definition) is 0. The maximum absolute atomic E-state index is 12.0. The summed E-state index contributed by atoms with van der Waals surface area (Å²) in [5, 5.41) is 10.9. The summed E-state index contributed by atoms with van der Waals surface area (Å²) in [4.78, 5) is 22.3. The second-order valence-electron chi connectivity index (χ2n) is 4.42. The Labute approximate surface area is 110 Å². The first-order chi connectivity index (χ1) is 9.13. The van der Waals surface area contributed by atoms with Crippen molar-refractivity contribution >= 4 is 11.7 Å². The lowest BCUT2D eigenvalue weighted by Gasteiger charge is -2.18. The van der Waals surface area contributed by atoms with Crippen molar-refractivity contribution < 1.29 is 19.2 Å². The monoisotopic (exact) mass is 265 g/mol. The molecule has 1 aliphatic rings. The molecule has 0 saturated heterocycles. The molecule has 0 bridgehead atoms. The Balaban J connectivity index is 2.14. The van der Waals surface area contributed by atoms with Crippen molar-refractivity contribution in [2.45, 2.75) is 31.5 Å². The van der Waals surface area contributed by atoms with E-state index >= 15 is 0 Å². The van der Waals surface area contributed by atoms with Crippen molar-refractivity contribution in [1.29, 1.82) is 0 Å². The molecule has 0 amide bonds. The summed E-state index contributed by atoms with van der Waals surface area (Å²) in [6, 6.07) is 5.78. The van der Waals surface area contributed by atoms with E-state index in [4.69, 9.17) is 9.47 Å². The van der Waals surface area contributed by atoms with Crippen LogP contribution in [0.1, 0.15) is 29.6 Å². The maximum Gasteiger partial charge on any atom is 0.345 e. The number of esters is 1. The minimum Gasteiger partial charge on any atom is -0.456 e. The fraction of sp³-hybridized carbons (Fsp3) is 0.462. The third-order valence-electron chi connectivity index (χ3n) is 3.27. The molecule has 0 N–H and O–H groups in total. The minimum atomic E-state index is -0.666. The number of benzene rings is 1. The van der Waals surface area contributed by atoms with Gasteiger partial charge in [0.2, 0.25) is 0 Å². The molecule has 6 heteroatoms. The summed E-state index contributed by atoms with van der Waals surface area (Å²) in [6.45, 7) is 0. The molecule has 1 aromatic rings. The lowest BCUT2D eigenvalue weighted by Crippen LogP contribution is -2.28. The summed E-state index contributed by atoms with van der Waals surface area (Å²) in [5.41, 5.74) is -0.256. The van der Waals surface area contributed by atoms with E-state index < -0.39 is 10.9 Å². The van der Waals surface area contributed by atoms with Crippen LogP contribution >= 0.6 is 0 Å². The topological polar surface area (TPSA) is 78.7 Å². The van der Waals surface area contributed by atoms with Gasteiger partial charge in [-0.2, -0.15) is 0 Å². The molecule has 0 spiro atoms. The van der Waals surface area contributed by atoms with Crippen LogP contribution in [-0.2, 0) is 9.47 Å². The molecule has 1 aromatic carbocycles. The van der Waals surface area contributed by atoms with Gasteiger partial charge in [-0.15, -0.1) is 0 Å². The average molecular weight is 265 g/mol. The molecular formula is C13H15NO5. The van der Waals surface area contributed by atoms with Gasteiger partial charge in [0.1, 0.15) is 11.7 Å². The summed E-state index contributed by atoms with van der Waals surface area (Å²) >= 11 is 0. The van der Waals surface area contributed by atoms with Gasteiger partial charge in [0.25, 0.3) is 5.69 Å². The van der Waals surface area contributed by atoms with Gasteiger partial charge in [-0.05, 0) is 25.3 Å². The molecule has 102 valence electrons. The molecular weight excluding hydrogens is 250 g/mol. The molecule has 0 unspecified atom stereocenters. The van der Waals surface area contributed by atoms with Crippen LogP contribution in [0.5, 0.6) is 0 Å². The van der Waals surface area contributed by atoms with E-state index in [0.717, 1.165) is 19.3 Å². The third-order valence-corrected chi connectivity index (χ3v) is 3.27. The number of nitrogens with zero attached hydrogens (tertiary/aromatic N) is 1. The molecule has 6 nitrogen and oxygen atoms in total. The Morgan fingerprint density at radius 2 is 2.00 bits per heavy atom. The van der Waals surface area contributed by atoms with Gasteiger partial charge in [0.05, 0.1) is 11.0 Å². The van der Waals surface area contributed by atoms with Crippen molar-refractivity contribution in [1.82, 2.24) is 0 Å². The standard InChI is InChI=1S/C13H15NO5/c1-18-11-7-4-8-12(11)19-13(15)9-5-2-3-6-10(9)14(16)17/h2-3,5-6,11-12H,4,7-8H2,1H3/t11-,12-/m0/s1. The van der Waals surface area contributed by atoms with Crippen molar-refractivity contribution in [3.63, 3.8) is 0 Å². The lowest BCUT2D eigenvalue weighted by atomic mass is 10.2. The summed E-state index contributed by atoms with van der Waals surface area (Å²) in [6.07, 6.45) is 2.05. The van der Waals surface area contributed by atoms with Gasteiger partial charge in [0.15, 0.2) is 0 Å². The molecule has 19 heavy (non-hydrogen) atoms. The lowest BCUT2D eigenvalue weighted by molar-refractivity contribution is -0.385. The van der Waals surface area contributed by atoms with Gasteiger partial charge in [-0.3, -0.25) is 10.1 Å². The fourth-order valence-corrected chi connectivity index (χ4v) is 2.30. The van der Waals surface area contributed by atoms with E-state index in [1.54, 1.807) is 13.2 Å². The van der Waals surface area contributed by atoms with E-state index in [-0.39, 0.29) is 23.5 Å². The Bertz CT molecular complexity index is 488. The summed E-state index contributed by atoms with van der Waals surface area (Å²) in [7, 11) is 1.57. The molecule has 1 aliphatic carbocycles. The number of nitro groups is 1. The number of carbonyl (C=O) groups excluding carboxylic acids is 1. The van der Waals surface area contributed by atoms with Crippen LogP contribution in [0.15, 0.2) is 24.3 Å². The first-order valence-corrected chi connectivity index (χ1v) is 6.10. The largest absolute Gasteiger partial charge is 0.456 e. The van der Waals surface area contributed by atoms with Crippen molar-refractivity contribution in [2.75, 3.05) is 7.11 Å². The number of carbonyl (C=O) groups is 1. The predicted octanol–water partition coefficient (Wildman–Crippen LogP) is 2.32. The molecule has 0 heterocycles. The molecule has 2 atom stereocenters. The highest BCUT2D eigenvalue weighted by atomic mass is 16.6. The van der Waals surface area contributed by atoms with Crippen LogP contribution in [0.3, 0.4) is 0 Å². The van der Waals surface area contributed by atoms with Crippen molar-refractivity contribution in [3.8, 4) is 0 Å². The van der Waals surface area contributed by atoms with Crippen molar-refractivity contribution in [3.05, 3.63) is 39.9 Å². The highest BCUT2D eigenvalue weighted by Gasteiger charge is 2.32. The minimum absolute atomic E-state index is 0.0192. The van der Waals surface area contributed by atoms with E-state index in [1.165, 1.54) is 18.2 Å². The number of methoxy groups -OCH3 is 1. The van der Waals surface area contributed by atoms with Gasteiger partial charge >= 0.3 is 5.97 Å². The summed E-state index contributed by atoms with van der Waals surface area (Å²) < 4.78 is 10.6. The Morgan fingerprint density at radius 1 is 1.32 bits per heavy atom. The van der Waals surface area contributed by atoms with Crippen LogP contribution in [-0.4, -0.2) is 30.2 Å². The van der Waals surface area contributed by atoms with E-state index in [2.05, 4.69) is 0 Å². The number of hydrogen-bond acceptors (Lipinski definition) is 5. The quantitative estimate of drug-likeness (QED) is 0.474. The molecule has 1 saturated carbocycles. The second-order valence-corrected chi connectivity index (χ2v) is 4.42. The molecule has 0 aromatic heterocycles. The molecule has 2 rings (SSSR count). The van der Waals surface area contributed by atoms with Gasteiger partial charge in [-0.25, -0.2) is 4.79 Å². The first kappa shape index (κ1) is 13.5. The predicted molar refractivity (Wildman–Crippen MR) is 66.9 cm³/mol. The number of para-hydroxylation sites is 1. The van der Waals surface area contributed by atoms with Gasteiger partial charge < -0.3 is 9.47 Å². The van der Waals surface area contributed by atoms with E-state index in [9.17, 15) is 14.9 Å². The zero-order valence-corrected chi connectivity index (χ0v) is 10.6. The van der Waals surface area contributed by atoms with E-state index in [0.29, 0.717) is 0 Å². The molecule has 1 fully saturated rings. The highest BCUT2D eigenvalue weighted by Crippen LogP contribution is 2.27.